The lowest BCUT2D eigenvalue weighted by atomic mass is 10.3. The van der Waals surface area contributed by atoms with Crippen LogP contribution in [0.2, 0.25) is 0 Å². The zero-order valence-corrected chi connectivity index (χ0v) is 5.68. The molecular weight excluding hydrogens is 150 g/mol. The summed E-state index contributed by atoms with van der Waals surface area (Å²) in [6.07, 6.45) is 1.25. The monoisotopic (exact) mass is 155 g/mol. The highest BCUT2D eigenvalue weighted by Crippen LogP contribution is 1.92. The van der Waals surface area contributed by atoms with Gasteiger partial charge in [-0.25, -0.2) is 4.79 Å². The average Bonchev–Trinajstić information content (AvgIpc) is 2.34. The molecule has 1 heterocycles. The topological polar surface area (TPSA) is 85.1 Å². The van der Waals surface area contributed by atoms with E-state index >= 15 is 0 Å². The van der Waals surface area contributed by atoms with Crippen molar-refractivity contribution in [2.24, 2.45) is 7.05 Å². The predicted octanol–water partition coefficient (Wildman–Crippen LogP) is -0.918. The van der Waals surface area contributed by atoms with Crippen molar-refractivity contribution in [2.45, 2.75) is 0 Å². The largest absolute Gasteiger partial charge is 0.475 e. The molecule has 0 bridgehead atoms. The standard InChI is InChI=1S/C5H5N3O3/c1-8-2-3(6-7-8)4(9)5(10)11/h2H,1H3,(H,10,11). The Labute approximate surface area is 61.4 Å². The number of Topliss-reactive ketones (excluding diaryl/α,β-unsaturated/α-hetero) is 1. The molecule has 1 aromatic heterocycles. The van der Waals surface area contributed by atoms with Crippen molar-refractivity contribution in [2.75, 3.05) is 0 Å². The molecule has 0 aliphatic carbocycles. The molecule has 6 heteroatoms. The summed E-state index contributed by atoms with van der Waals surface area (Å²) in [7, 11) is 1.55. The molecule has 6 nitrogen and oxygen atoms in total. The van der Waals surface area contributed by atoms with Crippen molar-refractivity contribution >= 4 is 11.8 Å². The number of hydrogen-bond donors (Lipinski definition) is 1. The number of ketones is 1. The molecule has 58 valence electrons. The van der Waals surface area contributed by atoms with Gasteiger partial charge in [-0.3, -0.25) is 9.48 Å². The highest BCUT2D eigenvalue weighted by Gasteiger charge is 2.17. The molecule has 0 amide bonds. The molecule has 1 aromatic rings. The number of aryl methyl sites for hydroxylation is 1. The lowest BCUT2D eigenvalue weighted by Crippen LogP contribution is -2.12. The molecule has 0 aliphatic heterocycles. The first-order valence-electron chi connectivity index (χ1n) is 2.75. The van der Waals surface area contributed by atoms with E-state index in [1.165, 1.54) is 10.9 Å². The molecule has 0 atom stereocenters. The molecule has 0 saturated carbocycles. The minimum Gasteiger partial charge on any atom is -0.475 e. The third kappa shape index (κ3) is 1.40. The molecule has 0 radical (unpaired) electrons. The van der Waals surface area contributed by atoms with Gasteiger partial charge in [-0.15, -0.1) is 5.10 Å². The summed E-state index contributed by atoms with van der Waals surface area (Å²) in [5.41, 5.74) is -0.153. The second-order valence-electron chi connectivity index (χ2n) is 1.91. The van der Waals surface area contributed by atoms with Crippen LogP contribution in [0.4, 0.5) is 0 Å². The van der Waals surface area contributed by atoms with Crippen molar-refractivity contribution in [1.82, 2.24) is 15.0 Å². The molecule has 0 unspecified atom stereocenters. The maximum absolute atomic E-state index is 10.6. The molecule has 0 aromatic carbocycles. The van der Waals surface area contributed by atoms with E-state index in [0.29, 0.717) is 0 Å². The van der Waals surface area contributed by atoms with E-state index < -0.39 is 11.8 Å². The van der Waals surface area contributed by atoms with Crippen LogP contribution in [0.1, 0.15) is 10.5 Å². The number of nitrogens with zero attached hydrogens (tertiary/aromatic N) is 3. The predicted molar refractivity (Wildman–Crippen MR) is 33.0 cm³/mol. The van der Waals surface area contributed by atoms with Crippen LogP contribution in [0.5, 0.6) is 0 Å². The van der Waals surface area contributed by atoms with Gasteiger partial charge in [-0.05, 0) is 0 Å². The van der Waals surface area contributed by atoms with Crippen molar-refractivity contribution in [3.05, 3.63) is 11.9 Å². The van der Waals surface area contributed by atoms with Gasteiger partial charge in [0.05, 0.1) is 6.20 Å². The number of carbonyl (C=O) groups is 2. The smallest absolute Gasteiger partial charge is 0.379 e. The molecule has 11 heavy (non-hydrogen) atoms. The molecule has 1 rings (SSSR count). The Morgan fingerprint density at radius 3 is 2.64 bits per heavy atom. The van der Waals surface area contributed by atoms with Gasteiger partial charge in [0.15, 0.2) is 5.69 Å². The second kappa shape index (κ2) is 2.49. The van der Waals surface area contributed by atoms with Crippen LogP contribution >= 0.6 is 0 Å². The summed E-state index contributed by atoms with van der Waals surface area (Å²) in [5.74, 6) is -2.57. The number of rotatable bonds is 2. The zero-order chi connectivity index (χ0) is 8.43. The van der Waals surface area contributed by atoms with Gasteiger partial charge in [-0.1, -0.05) is 5.21 Å². The maximum atomic E-state index is 10.6. The fourth-order valence-electron chi connectivity index (χ4n) is 0.561. The van der Waals surface area contributed by atoms with Crippen LogP contribution in [0.15, 0.2) is 6.20 Å². The Hall–Kier alpha value is -1.72. The Bertz CT molecular complexity index is 304. The molecular formula is C5H5N3O3. The van der Waals surface area contributed by atoms with Crippen LogP contribution < -0.4 is 0 Å². The zero-order valence-electron chi connectivity index (χ0n) is 5.68. The van der Waals surface area contributed by atoms with Crippen molar-refractivity contribution in [3.63, 3.8) is 0 Å². The minimum absolute atomic E-state index is 0.153. The Kier molecular flexibility index (Phi) is 1.67. The Morgan fingerprint density at radius 1 is 1.64 bits per heavy atom. The molecule has 1 N–H and O–H groups in total. The SMILES string of the molecule is Cn1cc(C(=O)C(=O)O)nn1. The number of hydrogen-bond acceptors (Lipinski definition) is 4. The quantitative estimate of drug-likeness (QED) is 0.441. The van der Waals surface area contributed by atoms with E-state index in [9.17, 15) is 9.59 Å². The van der Waals surface area contributed by atoms with Gasteiger partial charge < -0.3 is 5.11 Å². The first-order chi connectivity index (χ1) is 5.11. The summed E-state index contributed by atoms with van der Waals surface area (Å²) in [6.45, 7) is 0. The third-order valence-corrected chi connectivity index (χ3v) is 1.03. The van der Waals surface area contributed by atoms with Gasteiger partial charge in [0.1, 0.15) is 0 Å². The lowest BCUT2D eigenvalue weighted by Gasteiger charge is -1.83. The number of carbonyl (C=O) groups excluding carboxylic acids is 1. The first-order valence-corrected chi connectivity index (χ1v) is 2.75. The lowest BCUT2D eigenvalue weighted by molar-refractivity contribution is -0.131. The fourth-order valence-corrected chi connectivity index (χ4v) is 0.561. The van der Waals surface area contributed by atoms with E-state index in [2.05, 4.69) is 10.3 Å². The Balaban J connectivity index is 2.94. The van der Waals surface area contributed by atoms with Crippen LogP contribution in [0.25, 0.3) is 0 Å². The van der Waals surface area contributed by atoms with Crippen LogP contribution in [0.3, 0.4) is 0 Å². The first kappa shape index (κ1) is 7.39. The highest BCUT2D eigenvalue weighted by atomic mass is 16.4. The van der Waals surface area contributed by atoms with Crippen LogP contribution in [0, 0.1) is 0 Å². The highest BCUT2D eigenvalue weighted by molar-refractivity contribution is 6.39. The summed E-state index contributed by atoms with van der Waals surface area (Å²) in [5, 5.41) is 14.9. The third-order valence-electron chi connectivity index (χ3n) is 1.03. The number of carboxylic acids is 1. The second-order valence-corrected chi connectivity index (χ2v) is 1.91. The van der Waals surface area contributed by atoms with E-state index in [1.54, 1.807) is 7.05 Å². The van der Waals surface area contributed by atoms with E-state index in [4.69, 9.17) is 5.11 Å². The van der Waals surface area contributed by atoms with Gasteiger partial charge in [0.2, 0.25) is 0 Å². The molecule has 0 saturated heterocycles. The van der Waals surface area contributed by atoms with Gasteiger partial charge in [0.25, 0.3) is 5.78 Å². The van der Waals surface area contributed by atoms with Crippen molar-refractivity contribution in [1.29, 1.82) is 0 Å². The maximum Gasteiger partial charge on any atom is 0.379 e. The average molecular weight is 155 g/mol. The van der Waals surface area contributed by atoms with Crippen molar-refractivity contribution in [3.8, 4) is 0 Å². The summed E-state index contributed by atoms with van der Waals surface area (Å²) >= 11 is 0. The van der Waals surface area contributed by atoms with Crippen LogP contribution in [-0.2, 0) is 11.8 Å². The van der Waals surface area contributed by atoms with Crippen molar-refractivity contribution < 1.29 is 14.7 Å². The molecule has 0 fully saturated rings. The molecule has 0 aliphatic rings. The normalized spacial score (nSPS) is 9.55. The molecule has 0 spiro atoms. The van der Waals surface area contributed by atoms with E-state index in [1.807, 2.05) is 0 Å². The summed E-state index contributed by atoms with van der Waals surface area (Å²) in [4.78, 5) is 20.7. The summed E-state index contributed by atoms with van der Waals surface area (Å²) in [6, 6.07) is 0. The fraction of sp³-hybridized carbons (Fsp3) is 0.200. The van der Waals surface area contributed by atoms with Gasteiger partial charge >= 0.3 is 5.97 Å². The van der Waals surface area contributed by atoms with E-state index in [-0.39, 0.29) is 5.69 Å². The van der Waals surface area contributed by atoms with Gasteiger partial charge in [-0.2, -0.15) is 0 Å². The Morgan fingerprint density at radius 2 is 2.27 bits per heavy atom. The van der Waals surface area contributed by atoms with Gasteiger partial charge in [0, 0.05) is 7.05 Å². The number of aromatic nitrogens is 3. The number of aliphatic carboxylic acids is 1. The number of carboxylic acid groups (broad SMARTS) is 1. The van der Waals surface area contributed by atoms with E-state index in [0.717, 1.165) is 0 Å². The minimum atomic E-state index is -1.52. The van der Waals surface area contributed by atoms with Crippen LogP contribution in [-0.4, -0.2) is 31.9 Å². The summed E-state index contributed by atoms with van der Waals surface area (Å²) < 4.78 is 1.26.